The van der Waals surface area contributed by atoms with E-state index >= 15 is 4.39 Å². The number of rotatable bonds is 6. The van der Waals surface area contributed by atoms with E-state index in [-0.39, 0.29) is 11.9 Å². The summed E-state index contributed by atoms with van der Waals surface area (Å²) in [5.41, 5.74) is 5.14. The molecule has 0 aliphatic carbocycles. The van der Waals surface area contributed by atoms with Gasteiger partial charge >= 0.3 is 0 Å². The summed E-state index contributed by atoms with van der Waals surface area (Å²) in [4.78, 5) is 13.1. The lowest BCUT2D eigenvalue weighted by Crippen LogP contribution is -2.39. The number of halogens is 1. The molecular formula is C24H21FN6O2S. The summed E-state index contributed by atoms with van der Waals surface area (Å²) >= 11 is 1.26. The first-order valence-corrected chi connectivity index (χ1v) is 11.8. The molecule has 0 saturated carbocycles. The van der Waals surface area contributed by atoms with E-state index in [0.29, 0.717) is 57.5 Å². The number of nitrogens with one attached hydrogen (secondary N) is 1. The first kappa shape index (κ1) is 20.9. The molecule has 0 amide bonds. The van der Waals surface area contributed by atoms with Crippen LogP contribution in [0.3, 0.4) is 0 Å². The van der Waals surface area contributed by atoms with E-state index in [1.54, 1.807) is 28.5 Å². The van der Waals surface area contributed by atoms with Gasteiger partial charge in [0, 0.05) is 24.7 Å². The maximum Gasteiger partial charge on any atom is 0.166 e. The average molecular weight is 477 g/mol. The van der Waals surface area contributed by atoms with Crippen LogP contribution in [-0.2, 0) is 11.8 Å². The van der Waals surface area contributed by atoms with Crippen molar-refractivity contribution >= 4 is 44.0 Å². The number of thiazole rings is 1. The Morgan fingerprint density at radius 3 is 2.82 bits per heavy atom. The molecule has 3 aromatic heterocycles. The summed E-state index contributed by atoms with van der Waals surface area (Å²) in [6.07, 6.45) is 5.13. The Morgan fingerprint density at radius 1 is 1.18 bits per heavy atom. The van der Waals surface area contributed by atoms with Gasteiger partial charge in [-0.25, -0.2) is 19.3 Å². The van der Waals surface area contributed by atoms with Crippen molar-refractivity contribution in [2.24, 2.45) is 13.0 Å². The lowest BCUT2D eigenvalue weighted by molar-refractivity contribution is -0.0773. The number of aromatic nitrogens is 5. The topological polar surface area (TPSA) is 87.0 Å². The fourth-order valence-corrected chi connectivity index (χ4v) is 4.75. The minimum atomic E-state index is -0.360. The molecule has 1 N–H and O–H groups in total. The fourth-order valence-electron chi connectivity index (χ4n) is 4.02. The molecule has 0 spiro atoms. The maximum atomic E-state index is 15.2. The Balaban J connectivity index is 1.48. The molecule has 2 aromatic carbocycles. The standard InChI is InChI=1S/C24H21FN6O2S/c1-13(16-9-32-10-16)33-20-6-14(15-7-29-31(2)8-15)5-19-21(20)24(27-11-26-19)30-17-3-4-18-23(22(17)25)34-12-28-18/h3-8,11-13,16H,9-10H2,1-2H3,(H,26,27,30). The highest BCUT2D eigenvalue weighted by Crippen LogP contribution is 2.38. The second-order valence-electron chi connectivity index (χ2n) is 8.37. The van der Waals surface area contributed by atoms with Crippen molar-refractivity contribution in [2.45, 2.75) is 13.0 Å². The number of fused-ring (bicyclic) bond motifs is 2. The SMILES string of the molecule is CC(Oc1cc(-c2cnn(C)c2)cc2ncnc(Nc3ccc4ncsc4c3F)c12)C1COC1. The van der Waals surface area contributed by atoms with Crippen LogP contribution in [0.5, 0.6) is 5.75 Å². The minimum Gasteiger partial charge on any atom is -0.489 e. The van der Waals surface area contributed by atoms with E-state index in [1.165, 1.54) is 17.7 Å². The van der Waals surface area contributed by atoms with Crippen molar-refractivity contribution < 1.29 is 13.9 Å². The molecule has 10 heteroatoms. The van der Waals surface area contributed by atoms with Crippen LogP contribution in [0.2, 0.25) is 0 Å². The number of anilines is 2. The van der Waals surface area contributed by atoms with Crippen LogP contribution >= 0.6 is 11.3 Å². The fraction of sp³-hybridized carbons (Fsp3) is 0.250. The van der Waals surface area contributed by atoms with Crippen molar-refractivity contribution in [2.75, 3.05) is 18.5 Å². The Kier molecular flexibility index (Phi) is 5.11. The second-order valence-corrected chi connectivity index (χ2v) is 9.22. The molecule has 172 valence electrons. The van der Waals surface area contributed by atoms with Gasteiger partial charge in [-0.3, -0.25) is 4.68 Å². The van der Waals surface area contributed by atoms with Gasteiger partial charge in [0.1, 0.15) is 24.0 Å². The van der Waals surface area contributed by atoms with Crippen LogP contribution in [0.15, 0.2) is 48.5 Å². The number of hydrogen-bond donors (Lipinski definition) is 1. The Morgan fingerprint density at radius 2 is 2.06 bits per heavy atom. The molecular weight excluding hydrogens is 455 g/mol. The van der Waals surface area contributed by atoms with Gasteiger partial charge < -0.3 is 14.8 Å². The predicted molar refractivity (Wildman–Crippen MR) is 129 cm³/mol. The third-order valence-corrected chi connectivity index (χ3v) is 6.91. The summed E-state index contributed by atoms with van der Waals surface area (Å²) in [5, 5.41) is 8.14. The van der Waals surface area contributed by atoms with E-state index in [4.69, 9.17) is 9.47 Å². The second kappa shape index (κ2) is 8.30. The highest BCUT2D eigenvalue weighted by molar-refractivity contribution is 7.16. The number of benzene rings is 2. The van der Waals surface area contributed by atoms with Crippen LogP contribution in [0.25, 0.3) is 32.2 Å². The zero-order valence-electron chi connectivity index (χ0n) is 18.5. The number of hydrogen-bond acceptors (Lipinski definition) is 8. The van der Waals surface area contributed by atoms with Gasteiger partial charge in [0.25, 0.3) is 0 Å². The third-order valence-electron chi connectivity index (χ3n) is 6.07. The maximum absolute atomic E-state index is 15.2. The first-order valence-electron chi connectivity index (χ1n) is 10.9. The van der Waals surface area contributed by atoms with Gasteiger partial charge in [0.2, 0.25) is 0 Å². The normalized spacial score (nSPS) is 14.9. The summed E-state index contributed by atoms with van der Waals surface area (Å²) < 4.78 is 29.2. The van der Waals surface area contributed by atoms with E-state index in [2.05, 4.69) is 25.4 Å². The van der Waals surface area contributed by atoms with Crippen molar-refractivity contribution in [1.29, 1.82) is 0 Å². The zero-order chi connectivity index (χ0) is 23.2. The number of aryl methyl sites for hydroxylation is 1. The van der Waals surface area contributed by atoms with Crippen LogP contribution < -0.4 is 10.1 Å². The monoisotopic (exact) mass is 476 g/mol. The molecule has 1 saturated heterocycles. The highest BCUT2D eigenvalue weighted by atomic mass is 32.1. The molecule has 1 atom stereocenters. The predicted octanol–water partition coefficient (Wildman–Crippen LogP) is 4.94. The molecule has 1 fully saturated rings. The summed E-state index contributed by atoms with van der Waals surface area (Å²) in [6.45, 7) is 3.37. The molecule has 1 aliphatic rings. The number of nitrogens with zero attached hydrogens (tertiary/aromatic N) is 5. The van der Waals surface area contributed by atoms with Gasteiger partial charge in [-0.1, -0.05) is 0 Å². The smallest absolute Gasteiger partial charge is 0.166 e. The van der Waals surface area contributed by atoms with Crippen molar-refractivity contribution in [3.63, 3.8) is 0 Å². The van der Waals surface area contributed by atoms with E-state index in [1.807, 2.05) is 32.3 Å². The molecule has 6 rings (SSSR count). The lowest BCUT2D eigenvalue weighted by Gasteiger charge is -2.32. The highest BCUT2D eigenvalue weighted by Gasteiger charge is 2.28. The quantitative estimate of drug-likeness (QED) is 0.372. The van der Waals surface area contributed by atoms with Crippen LogP contribution in [0.4, 0.5) is 15.9 Å². The molecule has 34 heavy (non-hydrogen) atoms. The van der Waals surface area contributed by atoms with Crippen LogP contribution in [-0.4, -0.2) is 44.1 Å². The van der Waals surface area contributed by atoms with Gasteiger partial charge in [-0.05, 0) is 36.8 Å². The molecule has 1 unspecified atom stereocenters. The number of ether oxygens (including phenoxy) is 2. The molecule has 8 nitrogen and oxygen atoms in total. The summed E-state index contributed by atoms with van der Waals surface area (Å²) in [5.74, 6) is 1.04. The molecule has 4 heterocycles. The van der Waals surface area contributed by atoms with Gasteiger partial charge in [-0.2, -0.15) is 5.10 Å². The zero-order valence-corrected chi connectivity index (χ0v) is 19.3. The van der Waals surface area contributed by atoms with Crippen molar-refractivity contribution in [3.05, 3.63) is 54.3 Å². The van der Waals surface area contributed by atoms with Gasteiger partial charge in [-0.15, -0.1) is 11.3 Å². The molecule has 0 bridgehead atoms. The van der Waals surface area contributed by atoms with E-state index in [0.717, 1.165) is 11.1 Å². The van der Waals surface area contributed by atoms with Crippen molar-refractivity contribution in [1.82, 2.24) is 24.7 Å². The minimum absolute atomic E-state index is 0.0700. The largest absolute Gasteiger partial charge is 0.489 e. The lowest BCUT2D eigenvalue weighted by atomic mass is 10.0. The van der Waals surface area contributed by atoms with E-state index in [9.17, 15) is 0 Å². The van der Waals surface area contributed by atoms with Crippen LogP contribution in [0, 0.1) is 11.7 Å². The Bertz CT molecular complexity index is 1510. The van der Waals surface area contributed by atoms with Crippen LogP contribution in [0.1, 0.15) is 6.92 Å². The summed E-state index contributed by atoms with van der Waals surface area (Å²) in [6, 6.07) is 7.39. The van der Waals surface area contributed by atoms with Crippen molar-refractivity contribution in [3.8, 4) is 16.9 Å². The van der Waals surface area contributed by atoms with E-state index < -0.39 is 0 Å². The van der Waals surface area contributed by atoms with Gasteiger partial charge in [0.05, 0.1) is 51.7 Å². The molecule has 0 radical (unpaired) electrons. The average Bonchev–Trinajstić information content (AvgIpc) is 3.44. The van der Waals surface area contributed by atoms with Gasteiger partial charge in [0.15, 0.2) is 5.82 Å². The first-order chi connectivity index (χ1) is 16.6. The Hall–Kier alpha value is -3.63. The molecule has 5 aromatic rings. The Labute approximate surface area is 198 Å². The summed E-state index contributed by atoms with van der Waals surface area (Å²) in [7, 11) is 1.87. The third kappa shape index (κ3) is 3.64. The molecule has 1 aliphatic heterocycles.